The molecule has 0 N–H and O–H groups in total. The van der Waals surface area contributed by atoms with Crippen molar-refractivity contribution in [3.8, 4) is 0 Å². The summed E-state index contributed by atoms with van der Waals surface area (Å²) >= 11 is 0. The molecule has 3 rings (SSSR count). The smallest absolute Gasteiger partial charge is 0.224 e. The zero-order valence-corrected chi connectivity index (χ0v) is 14.5. The van der Waals surface area contributed by atoms with E-state index in [0.29, 0.717) is 19.0 Å². The van der Waals surface area contributed by atoms with Gasteiger partial charge in [-0.3, -0.25) is 14.2 Å². The molecular weight excluding hydrogens is 292 g/mol. The van der Waals surface area contributed by atoms with E-state index < -0.39 is 0 Å². The topological polar surface area (TPSA) is 59.2 Å². The first kappa shape index (κ1) is 16.0. The lowest BCUT2D eigenvalue weighted by molar-refractivity contribution is -0.133. The average Bonchev–Trinajstić information content (AvgIpc) is 3.07. The van der Waals surface area contributed by atoms with Crippen molar-refractivity contribution in [1.29, 1.82) is 0 Å². The van der Waals surface area contributed by atoms with Crippen LogP contribution in [0.25, 0.3) is 11.0 Å². The number of rotatable bonds is 4. The zero-order valence-electron chi connectivity index (χ0n) is 14.5. The Morgan fingerprint density at radius 1 is 1.26 bits per heavy atom. The van der Waals surface area contributed by atoms with E-state index in [-0.39, 0.29) is 5.91 Å². The van der Waals surface area contributed by atoms with E-state index in [9.17, 15) is 4.79 Å². The predicted octanol–water partition coefficient (Wildman–Crippen LogP) is 1.29. The molecule has 0 radical (unpaired) electrons. The molecule has 0 atom stereocenters. The van der Waals surface area contributed by atoms with Crippen LogP contribution < -0.4 is 0 Å². The minimum atomic E-state index is 0.218. The highest BCUT2D eigenvalue weighted by Gasteiger charge is 2.20. The van der Waals surface area contributed by atoms with E-state index >= 15 is 0 Å². The number of hydrogen-bond acceptors (Lipinski definition) is 4. The summed E-state index contributed by atoms with van der Waals surface area (Å²) in [6.07, 6.45) is 2.35. The van der Waals surface area contributed by atoms with Crippen LogP contribution in [0.1, 0.15) is 32.0 Å². The second-order valence-corrected chi connectivity index (χ2v) is 6.66. The predicted molar refractivity (Wildman–Crippen MR) is 89.3 cm³/mol. The normalized spacial score (nSPS) is 16.7. The molecular formula is C16H26N6O. The third-order valence-corrected chi connectivity index (χ3v) is 4.55. The molecule has 0 bridgehead atoms. The van der Waals surface area contributed by atoms with Gasteiger partial charge in [-0.1, -0.05) is 0 Å². The summed E-state index contributed by atoms with van der Waals surface area (Å²) in [6.45, 7) is 10.4. The summed E-state index contributed by atoms with van der Waals surface area (Å²) in [5, 5.41) is 9.06. The molecule has 2 aromatic heterocycles. The maximum Gasteiger partial charge on any atom is 0.224 e. The van der Waals surface area contributed by atoms with Gasteiger partial charge in [-0.2, -0.15) is 10.2 Å². The maximum atomic E-state index is 12.4. The van der Waals surface area contributed by atoms with Crippen LogP contribution >= 0.6 is 0 Å². The number of carbonyl (C=O) groups excluding carboxylic acids is 1. The summed E-state index contributed by atoms with van der Waals surface area (Å²) in [5.41, 5.74) is 3.06. The van der Waals surface area contributed by atoms with E-state index in [1.54, 1.807) is 0 Å². The van der Waals surface area contributed by atoms with Crippen LogP contribution in [0.15, 0.2) is 6.20 Å². The van der Waals surface area contributed by atoms with E-state index in [1.807, 2.05) is 27.4 Å². The second kappa shape index (κ2) is 6.31. The van der Waals surface area contributed by atoms with Crippen molar-refractivity contribution < 1.29 is 4.79 Å². The fourth-order valence-electron chi connectivity index (χ4n) is 3.16. The number of hydrogen-bond donors (Lipinski definition) is 0. The number of nitrogens with zero attached hydrogens (tertiary/aromatic N) is 6. The number of aromatic nitrogens is 4. The first-order valence-corrected chi connectivity index (χ1v) is 8.34. The molecule has 7 heteroatoms. The van der Waals surface area contributed by atoms with Gasteiger partial charge in [0.05, 0.1) is 18.4 Å². The Morgan fingerprint density at radius 2 is 1.96 bits per heavy atom. The first-order valence-electron chi connectivity index (χ1n) is 8.34. The number of likely N-dealkylation sites (N-methyl/N-ethyl adjacent to an activating group) is 1. The molecule has 1 amide bonds. The third-order valence-electron chi connectivity index (χ3n) is 4.55. The molecule has 0 saturated carbocycles. The first-order chi connectivity index (χ1) is 11.0. The SMILES string of the molecule is Cc1nn(C(C)C)c2cnn(CCC(=O)N3CCN(C)CC3)c12. The zero-order chi connectivity index (χ0) is 16.6. The van der Waals surface area contributed by atoms with Crippen molar-refractivity contribution in [2.45, 2.75) is 39.8 Å². The van der Waals surface area contributed by atoms with Crippen molar-refractivity contribution >= 4 is 16.9 Å². The molecule has 126 valence electrons. The average molecular weight is 318 g/mol. The number of piperazine rings is 1. The molecule has 0 unspecified atom stereocenters. The Hall–Kier alpha value is -1.89. The van der Waals surface area contributed by atoms with Gasteiger partial charge in [0, 0.05) is 38.6 Å². The molecule has 0 aliphatic carbocycles. The van der Waals surface area contributed by atoms with Gasteiger partial charge in [0.25, 0.3) is 0 Å². The lowest BCUT2D eigenvalue weighted by Crippen LogP contribution is -2.47. The minimum absolute atomic E-state index is 0.218. The number of carbonyl (C=O) groups is 1. The summed E-state index contributed by atoms with van der Waals surface area (Å²) < 4.78 is 3.92. The van der Waals surface area contributed by atoms with E-state index in [1.165, 1.54) is 0 Å². The van der Waals surface area contributed by atoms with Crippen molar-refractivity contribution in [2.75, 3.05) is 33.2 Å². The Morgan fingerprint density at radius 3 is 2.61 bits per heavy atom. The molecule has 3 heterocycles. The van der Waals surface area contributed by atoms with Crippen LogP contribution in [0.5, 0.6) is 0 Å². The summed E-state index contributed by atoms with van der Waals surface area (Å²) in [4.78, 5) is 16.6. The Balaban J connectivity index is 1.69. The maximum absolute atomic E-state index is 12.4. The van der Waals surface area contributed by atoms with Gasteiger partial charge in [0.1, 0.15) is 11.0 Å². The number of aryl methyl sites for hydroxylation is 2. The molecule has 2 aromatic rings. The molecule has 1 saturated heterocycles. The summed E-state index contributed by atoms with van der Waals surface area (Å²) in [7, 11) is 2.09. The molecule has 1 fully saturated rings. The lowest BCUT2D eigenvalue weighted by atomic mass is 10.3. The summed E-state index contributed by atoms with van der Waals surface area (Å²) in [6, 6.07) is 0.302. The summed E-state index contributed by atoms with van der Waals surface area (Å²) in [5.74, 6) is 0.218. The van der Waals surface area contributed by atoms with Crippen LogP contribution in [-0.4, -0.2) is 68.5 Å². The van der Waals surface area contributed by atoms with Crippen LogP contribution in [-0.2, 0) is 11.3 Å². The van der Waals surface area contributed by atoms with E-state index in [4.69, 9.17) is 0 Å². The van der Waals surface area contributed by atoms with Gasteiger partial charge in [-0.05, 0) is 27.8 Å². The quantitative estimate of drug-likeness (QED) is 0.852. The highest BCUT2D eigenvalue weighted by atomic mass is 16.2. The molecule has 7 nitrogen and oxygen atoms in total. The molecule has 0 aromatic carbocycles. The van der Waals surface area contributed by atoms with Crippen molar-refractivity contribution in [1.82, 2.24) is 29.4 Å². The Bertz CT molecular complexity index is 693. The van der Waals surface area contributed by atoms with Gasteiger partial charge >= 0.3 is 0 Å². The van der Waals surface area contributed by atoms with Crippen LogP contribution in [0.4, 0.5) is 0 Å². The Kier molecular flexibility index (Phi) is 4.39. The Labute approximate surface area is 136 Å². The molecule has 1 aliphatic rings. The molecule has 1 aliphatic heterocycles. The number of fused-ring (bicyclic) bond motifs is 1. The van der Waals surface area contributed by atoms with E-state index in [0.717, 1.165) is 42.9 Å². The van der Waals surface area contributed by atoms with Crippen molar-refractivity contribution in [2.24, 2.45) is 0 Å². The second-order valence-electron chi connectivity index (χ2n) is 6.66. The standard InChI is InChI=1S/C16H26N6O/c1-12(2)22-14-11-17-21(16(14)13(3)18-22)6-5-15(23)20-9-7-19(4)8-10-20/h11-12H,5-10H2,1-4H3. The third kappa shape index (κ3) is 3.10. The van der Waals surface area contributed by atoms with Gasteiger partial charge in [-0.25, -0.2) is 0 Å². The van der Waals surface area contributed by atoms with E-state index in [2.05, 4.69) is 36.0 Å². The largest absolute Gasteiger partial charge is 0.340 e. The van der Waals surface area contributed by atoms with Crippen molar-refractivity contribution in [3.05, 3.63) is 11.9 Å². The van der Waals surface area contributed by atoms with Gasteiger partial charge in [-0.15, -0.1) is 0 Å². The van der Waals surface area contributed by atoms with Gasteiger partial charge < -0.3 is 9.80 Å². The van der Waals surface area contributed by atoms with Crippen LogP contribution in [0, 0.1) is 6.92 Å². The monoisotopic (exact) mass is 318 g/mol. The van der Waals surface area contributed by atoms with Gasteiger partial charge in [0.2, 0.25) is 5.91 Å². The minimum Gasteiger partial charge on any atom is -0.340 e. The highest BCUT2D eigenvalue weighted by molar-refractivity contribution is 5.79. The fraction of sp³-hybridized carbons (Fsp3) is 0.688. The van der Waals surface area contributed by atoms with Crippen LogP contribution in [0.2, 0.25) is 0 Å². The molecule has 0 spiro atoms. The highest BCUT2D eigenvalue weighted by Crippen LogP contribution is 2.21. The van der Waals surface area contributed by atoms with Crippen LogP contribution in [0.3, 0.4) is 0 Å². The molecule has 23 heavy (non-hydrogen) atoms. The van der Waals surface area contributed by atoms with Gasteiger partial charge in [0.15, 0.2) is 0 Å². The number of amides is 1. The lowest BCUT2D eigenvalue weighted by Gasteiger charge is -2.32. The fourth-order valence-corrected chi connectivity index (χ4v) is 3.16. The van der Waals surface area contributed by atoms with Crippen molar-refractivity contribution in [3.63, 3.8) is 0 Å².